The van der Waals surface area contributed by atoms with Crippen molar-refractivity contribution in [2.24, 2.45) is 0 Å². The van der Waals surface area contributed by atoms with Crippen LogP contribution in [-0.2, 0) is 0 Å². The first-order valence-electron chi connectivity index (χ1n) is 4.36. The quantitative estimate of drug-likeness (QED) is 0.622. The lowest BCUT2D eigenvalue weighted by Crippen LogP contribution is -2.07. The van der Waals surface area contributed by atoms with Gasteiger partial charge in [-0.1, -0.05) is 0 Å². The van der Waals surface area contributed by atoms with Crippen molar-refractivity contribution in [3.05, 3.63) is 30.1 Å². The molecule has 1 N–H and O–H groups in total. The second-order valence-corrected chi connectivity index (χ2v) is 3.93. The summed E-state index contributed by atoms with van der Waals surface area (Å²) in [4.78, 5) is 1.14. The molecule has 0 heterocycles. The maximum atomic E-state index is 12.5. The fraction of sp³-hybridized carbons (Fsp3) is 0.400. The molecule has 0 fully saturated rings. The minimum Gasteiger partial charge on any atom is -0.320 e. The largest absolute Gasteiger partial charge is 0.320 e. The molecular weight excluding hydrogens is 221 g/mol. The van der Waals surface area contributed by atoms with E-state index in [-0.39, 0.29) is 18.2 Å². The van der Waals surface area contributed by atoms with E-state index in [0.29, 0.717) is 0 Å². The molecule has 0 radical (unpaired) electrons. The first-order valence-corrected chi connectivity index (χ1v) is 5.34. The van der Waals surface area contributed by atoms with Gasteiger partial charge in [0.2, 0.25) is 0 Å². The topological polar surface area (TPSA) is 12.0 Å². The highest BCUT2D eigenvalue weighted by atomic mass is 35.5. The van der Waals surface area contributed by atoms with E-state index >= 15 is 0 Å². The molecule has 1 rings (SSSR count). The SMILES string of the molecule is CNCCCSc1ccc(F)cc1.Cl. The number of nitrogens with one attached hydrogen (secondary N) is 1. The molecule has 0 spiro atoms. The van der Waals surface area contributed by atoms with Gasteiger partial charge in [0.15, 0.2) is 0 Å². The van der Waals surface area contributed by atoms with E-state index < -0.39 is 0 Å². The van der Waals surface area contributed by atoms with Crippen LogP contribution in [0.15, 0.2) is 29.2 Å². The van der Waals surface area contributed by atoms with Crippen molar-refractivity contribution in [3.63, 3.8) is 0 Å². The molecule has 80 valence electrons. The monoisotopic (exact) mass is 235 g/mol. The lowest BCUT2D eigenvalue weighted by Gasteiger charge is -2.00. The number of hydrogen-bond acceptors (Lipinski definition) is 2. The molecule has 1 aromatic rings. The van der Waals surface area contributed by atoms with Crippen LogP contribution in [0.2, 0.25) is 0 Å². The average molecular weight is 236 g/mol. The van der Waals surface area contributed by atoms with E-state index in [4.69, 9.17) is 0 Å². The summed E-state index contributed by atoms with van der Waals surface area (Å²) in [6.45, 7) is 1.04. The van der Waals surface area contributed by atoms with E-state index in [2.05, 4.69) is 5.32 Å². The van der Waals surface area contributed by atoms with E-state index in [1.807, 2.05) is 19.2 Å². The van der Waals surface area contributed by atoms with Gasteiger partial charge in [0.05, 0.1) is 0 Å². The first-order chi connectivity index (χ1) is 6.33. The summed E-state index contributed by atoms with van der Waals surface area (Å²) >= 11 is 1.76. The molecule has 1 aromatic carbocycles. The van der Waals surface area contributed by atoms with Crippen molar-refractivity contribution in [2.45, 2.75) is 11.3 Å². The van der Waals surface area contributed by atoms with Crippen LogP contribution in [0.5, 0.6) is 0 Å². The molecule has 14 heavy (non-hydrogen) atoms. The van der Waals surface area contributed by atoms with Gasteiger partial charge in [-0.2, -0.15) is 0 Å². The number of halogens is 2. The van der Waals surface area contributed by atoms with Gasteiger partial charge in [0, 0.05) is 4.90 Å². The fourth-order valence-corrected chi connectivity index (χ4v) is 1.82. The smallest absolute Gasteiger partial charge is 0.123 e. The highest BCUT2D eigenvalue weighted by molar-refractivity contribution is 7.99. The number of hydrogen-bond donors (Lipinski definition) is 1. The summed E-state index contributed by atoms with van der Waals surface area (Å²) in [5, 5.41) is 3.09. The third-order valence-electron chi connectivity index (χ3n) is 1.65. The van der Waals surface area contributed by atoms with Crippen molar-refractivity contribution in [1.82, 2.24) is 5.32 Å². The zero-order valence-corrected chi connectivity index (χ0v) is 9.76. The second kappa shape index (κ2) is 8.09. The Hall–Kier alpha value is -0.250. The minimum absolute atomic E-state index is 0. The Morgan fingerprint density at radius 2 is 1.93 bits per heavy atom. The molecule has 1 nitrogen and oxygen atoms in total. The molecular formula is C10H15ClFNS. The van der Waals surface area contributed by atoms with Crippen LogP contribution in [-0.4, -0.2) is 19.3 Å². The van der Waals surface area contributed by atoms with E-state index in [9.17, 15) is 4.39 Å². The Morgan fingerprint density at radius 3 is 2.50 bits per heavy atom. The van der Waals surface area contributed by atoms with Crippen LogP contribution in [0.25, 0.3) is 0 Å². The van der Waals surface area contributed by atoms with E-state index in [1.165, 1.54) is 12.1 Å². The zero-order chi connectivity index (χ0) is 9.52. The van der Waals surface area contributed by atoms with Gasteiger partial charge >= 0.3 is 0 Å². The standard InChI is InChI=1S/C10H14FNS.ClH/c1-12-7-2-8-13-10-5-3-9(11)4-6-10;/h3-6,12H,2,7-8H2,1H3;1H. The highest BCUT2D eigenvalue weighted by Gasteiger charge is 1.93. The van der Waals surface area contributed by atoms with Gasteiger partial charge in [-0.25, -0.2) is 4.39 Å². The van der Waals surface area contributed by atoms with Crippen LogP contribution in [0.1, 0.15) is 6.42 Å². The van der Waals surface area contributed by atoms with Gasteiger partial charge in [-0.05, 0) is 50.0 Å². The molecule has 0 aliphatic carbocycles. The predicted molar refractivity (Wildman–Crippen MR) is 62.9 cm³/mol. The van der Waals surface area contributed by atoms with Crippen LogP contribution in [0, 0.1) is 5.82 Å². The lowest BCUT2D eigenvalue weighted by atomic mass is 10.4. The molecule has 0 saturated carbocycles. The molecule has 0 atom stereocenters. The Labute approximate surface area is 94.9 Å². The minimum atomic E-state index is -0.167. The van der Waals surface area contributed by atoms with Crippen LogP contribution in [0.3, 0.4) is 0 Å². The van der Waals surface area contributed by atoms with Gasteiger partial charge in [-0.3, -0.25) is 0 Å². The summed E-state index contributed by atoms with van der Waals surface area (Å²) in [6, 6.07) is 6.64. The number of rotatable bonds is 5. The van der Waals surface area contributed by atoms with Crippen LogP contribution >= 0.6 is 24.2 Å². The lowest BCUT2D eigenvalue weighted by molar-refractivity contribution is 0.626. The summed E-state index contributed by atoms with van der Waals surface area (Å²) in [5.74, 6) is 0.909. The molecule has 4 heteroatoms. The maximum Gasteiger partial charge on any atom is 0.123 e. The molecule has 0 saturated heterocycles. The third kappa shape index (κ3) is 5.47. The Balaban J connectivity index is 0.00000169. The zero-order valence-electron chi connectivity index (χ0n) is 8.13. The van der Waals surface area contributed by atoms with E-state index in [1.54, 1.807) is 11.8 Å². The summed E-state index contributed by atoms with van der Waals surface area (Å²) in [7, 11) is 1.95. The fourth-order valence-electron chi connectivity index (χ4n) is 0.970. The molecule has 0 aliphatic rings. The van der Waals surface area contributed by atoms with Crippen molar-refractivity contribution in [3.8, 4) is 0 Å². The van der Waals surface area contributed by atoms with Crippen molar-refractivity contribution < 1.29 is 4.39 Å². The summed E-state index contributed by atoms with van der Waals surface area (Å²) in [5.41, 5.74) is 0. The van der Waals surface area contributed by atoms with Gasteiger partial charge in [0.25, 0.3) is 0 Å². The Morgan fingerprint density at radius 1 is 1.29 bits per heavy atom. The third-order valence-corrected chi connectivity index (χ3v) is 2.75. The van der Waals surface area contributed by atoms with Gasteiger partial charge in [-0.15, -0.1) is 24.2 Å². The van der Waals surface area contributed by atoms with Crippen molar-refractivity contribution in [1.29, 1.82) is 0 Å². The van der Waals surface area contributed by atoms with Crippen molar-refractivity contribution >= 4 is 24.2 Å². The van der Waals surface area contributed by atoms with E-state index in [0.717, 1.165) is 23.6 Å². The van der Waals surface area contributed by atoms with Gasteiger partial charge < -0.3 is 5.32 Å². The van der Waals surface area contributed by atoms with Crippen LogP contribution in [0.4, 0.5) is 4.39 Å². The van der Waals surface area contributed by atoms with Crippen LogP contribution < -0.4 is 5.32 Å². The first kappa shape index (κ1) is 13.8. The molecule has 0 unspecified atom stereocenters. The van der Waals surface area contributed by atoms with Crippen molar-refractivity contribution in [2.75, 3.05) is 19.3 Å². The number of thioether (sulfide) groups is 1. The highest BCUT2D eigenvalue weighted by Crippen LogP contribution is 2.18. The molecule has 0 aromatic heterocycles. The Bertz CT molecular complexity index is 240. The molecule has 0 bridgehead atoms. The second-order valence-electron chi connectivity index (χ2n) is 2.76. The maximum absolute atomic E-state index is 12.5. The van der Waals surface area contributed by atoms with Gasteiger partial charge in [0.1, 0.15) is 5.82 Å². The normalized spacial score (nSPS) is 9.57. The Kier molecular flexibility index (Phi) is 7.95. The summed E-state index contributed by atoms with van der Waals surface area (Å²) in [6.07, 6.45) is 1.14. The summed E-state index contributed by atoms with van der Waals surface area (Å²) < 4.78 is 12.5. The molecule has 0 aliphatic heterocycles. The number of benzene rings is 1. The predicted octanol–water partition coefficient (Wildman–Crippen LogP) is 2.95. The average Bonchev–Trinajstić information content (AvgIpc) is 2.15. The molecule has 0 amide bonds.